The van der Waals surface area contributed by atoms with Gasteiger partial charge in [-0.15, -0.1) is 0 Å². The van der Waals surface area contributed by atoms with Gasteiger partial charge in [0.25, 0.3) is 5.91 Å². The van der Waals surface area contributed by atoms with E-state index >= 15 is 0 Å². The maximum absolute atomic E-state index is 13.6. The third-order valence-corrected chi connectivity index (χ3v) is 7.86. The van der Waals surface area contributed by atoms with Crippen molar-refractivity contribution >= 4 is 57.8 Å². The van der Waals surface area contributed by atoms with Crippen molar-refractivity contribution in [1.29, 1.82) is 0 Å². The van der Waals surface area contributed by atoms with Gasteiger partial charge in [0, 0.05) is 22.7 Å². The summed E-state index contributed by atoms with van der Waals surface area (Å²) in [5.74, 6) is 1.60. The number of benzene rings is 2. The Kier molecular flexibility index (Phi) is 6.87. The Bertz CT molecular complexity index is 1270. The first kappa shape index (κ1) is 23.3. The molecule has 2 aliphatic rings. The second kappa shape index (κ2) is 10.0. The Balaban J connectivity index is 1.49. The van der Waals surface area contributed by atoms with Crippen molar-refractivity contribution < 1.29 is 9.21 Å². The number of halogens is 2. The number of carbonyl (C=O) groups excluding carboxylic acids is 1. The Labute approximate surface area is 213 Å². The summed E-state index contributed by atoms with van der Waals surface area (Å²) in [6.45, 7) is 2.23. The first-order valence-corrected chi connectivity index (χ1v) is 13.0. The summed E-state index contributed by atoms with van der Waals surface area (Å²) in [4.78, 5) is 21.0. The fraction of sp³-hybridized carbons (Fsp3) is 0.259. The molecular weight excluding hydrogens is 487 g/mol. The lowest BCUT2D eigenvalue weighted by Gasteiger charge is -2.35. The number of para-hydroxylation sites is 1. The molecule has 1 saturated heterocycles. The van der Waals surface area contributed by atoms with E-state index < -0.39 is 0 Å². The van der Waals surface area contributed by atoms with Crippen molar-refractivity contribution in [1.82, 2.24) is 4.90 Å². The van der Waals surface area contributed by atoms with Gasteiger partial charge in [0.05, 0.1) is 15.6 Å². The molecule has 2 aromatic carbocycles. The van der Waals surface area contributed by atoms with Gasteiger partial charge in [-0.2, -0.15) is 0 Å². The first-order chi connectivity index (χ1) is 16.5. The topological polar surface area (TPSA) is 45.8 Å². The van der Waals surface area contributed by atoms with Gasteiger partial charge >= 0.3 is 0 Å². The van der Waals surface area contributed by atoms with Crippen molar-refractivity contribution in [3.8, 4) is 11.3 Å². The molecule has 0 radical (unpaired) electrons. The van der Waals surface area contributed by atoms with E-state index in [-0.39, 0.29) is 11.9 Å². The molecule has 1 amide bonds. The van der Waals surface area contributed by atoms with Crippen LogP contribution in [0.3, 0.4) is 0 Å². The summed E-state index contributed by atoms with van der Waals surface area (Å²) in [7, 11) is 0. The molecule has 2 fully saturated rings. The summed E-state index contributed by atoms with van der Waals surface area (Å²) in [5.41, 5.74) is 1.55. The monoisotopic (exact) mass is 510 g/mol. The van der Waals surface area contributed by atoms with Gasteiger partial charge < -0.3 is 4.42 Å². The second-order valence-corrected chi connectivity index (χ2v) is 10.5. The van der Waals surface area contributed by atoms with Crippen LogP contribution >= 0.6 is 35.0 Å². The fourth-order valence-corrected chi connectivity index (χ4v) is 5.95. The smallest absolute Gasteiger partial charge is 0.267 e. The van der Waals surface area contributed by atoms with Gasteiger partial charge in [-0.25, -0.2) is 4.99 Å². The number of nitrogens with zero attached hydrogens (tertiary/aromatic N) is 2. The third-order valence-electron chi connectivity index (χ3n) is 6.31. The van der Waals surface area contributed by atoms with Crippen molar-refractivity contribution in [2.24, 2.45) is 10.9 Å². The highest BCUT2D eigenvalue weighted by atomic mass is 35.5. The third kappa shape index (κ3) is 4.83. The van der Waals surface area contributed by atoms with E-state index in [2.05, 4.69) is 6.92 Å². The van der Waals surface area contributed by atoms with Crippen molar-refractivity contribution in [2.45, 2.75) is 38.6 Å². The van der Waals surface area contributed by atoms with Crippen LogP contribution in [0.2, 0.25) is 10.0 Å². The SMILES string of the molecule is C[C@@H]1CCCC[C@@H]1N1C(=O)/C(=C/c2ccc(-c3cc(Cl)ccc3Cl)o2)SC1=Nc1ccccc1. The van der Waals surface area contributed by atoms with Crippen LogP contribution in [-0.4, -0.2) is 22.0 Å². The average molecular weight is 511 g/mol. The Hall–Kier alpha value is -2.47. The van der Waals surface area contributed by atoms with Gasteiger partial charge in [0.1, 0.15) is 11.5 Å². The molecule has 4 nitrogen and oxygen atoms in total. The largest absolute Gasteiger partial charge is 0.457 e. The summed E-state index contributed by atoms with van der Waals surface area (Å²) in [6, 6.07) is 18.9. The molecule has 0 bridgehead atoms. The van der Waals surface area contributed by atoms with Crippen molar-refractivity contribution in [3.63, 3.8) is 0 Å². The van der Waals surface area contributed by atoms with E-state index in [1.54, 1.807) is 24.3 Å². The van der Waals surface area contributed by atoms with Crippen molar-refractivity contribution in [2.75, 3.05) is 0 Å². The van der Waals surface area contributed by atoms with Crippen LogP contribution < -0.4 is 0 Å². The van der Waals surface area contributed by atoms with Gasteiger partial charge in [-0.1, -0.05) is 61.2 Å². The highest BCUT2D eigenvalue weighted by Crippen LogP contribution is 2.40. The fourth-order valence-electron chi connectivity index (χ4n) is 4.54. The number of hydrogen-bond donors (Lipinski definition) is 0. The van der Waals surface area contributed by atoms with Gasteiger partial charge in [-0.05, 0) is 73.0 Å². The number of rotatable bonds is 4. The highest BCUT2D eigenvalue weighted by Gasteiger charge is 2.41. The number of amidine groups is 1. The molecule has 0 spiro atoms. The molecule has 0 unspecified atom stereocenters. The molecule has 174 valence electrons. The average Bonchev–Trinajstić information content (AvgIpc) is 3.41. The van der Waals surface area contributed by atoms with Gasteiger partial charge in [-0.3, -0.25) is 9.69 Å². The van der Waals surface area contributed by atoms with E-state index in [9.17, 15) is 4.79 Å². The van der Waals surface area contributed by atoms with Crippen LogP contribution in [0, 0.1) is 5.92 Å². The standard InChI is InChI=1S/C27H24Cl2N2O2S/c1-17-7-5-6-10-23(17)31-26(32)25(34-27(31)30-19-8-3-2-4-9-19)16-20-12-14-24(33-20)21-15-18(28)11-13-22(21)29/h2-4,8-9,11-17,23H,5-7,10H2,1H3/b25-16-,30-27?/t17-,23+/m1/s1. The molecule has 5 rings (SSSR count). The lowest BCUT2D eigenvalue weighted by molar-refractivity contribution is -0.124. The summed E-state index contributed by atoms with van der Waals surface area (Å²) < 4.78 is 6.03. The minimum atomic E-state index is -0.0165. The van der Waals surface area contributed by atoms with Crippen LogP contribution in [-0.2, 0) is 4.79 Å². The number of hydrogen-bond acceptors (Lipinski definition) is 4. The van der Waals surface area contributed by atoms with E-state index in [1.807, 2.05) is 47.4 Å². The van der Waals surface area contributed by atoms with Crippen LogP contribution in [0.15, 0.2) is 75.0 Å². The zero-order valence-electron chi connectivity index (χ0n) is 18.7. The molecule has 0 N–H and O–H groups in total. The Morgan fingerprint density at radius 1 is 1.06 bits per heavy atom. The molecule has 34 heavy (non-hydrogen) atoms. The molecule has 1 aromatic heterocycles. The Morgan fingerprint density at radius 2 is 1.85 bits per heavy atom. The molecule has 1 aliphatic heterocycles. The lowest BCUT2D eigenvalue weighted by Crippen LogP contribution is -2.44. The van der Waals surface area contributed by atoms with E-state index in [4.69, 9.17) is 32.6 Å². The van der Waals surface area contributed by atoms with Gasteiger partial charge in [0.2, 0.25) is 0 Å². The number of amides is 1. The molecule has 7 heteroatoms. The predicted molar refractivity (Wildman–Crippen MR) is 142 cm³/mol. The zero-order valence-corrected chi connectivity index (χ0v) is 21.0. The van der Waals surface area contributed by atoms with Crippen LogP contribution in [0.1, 0.15) is 38.4 Å². The van der Waals surface area contributed by atoms with Gasteiger partial charge in [0.15, 0.2) is 5.17 Å². The molecule has 1 aliphatic carbocycles. The molecule has 2 atom stereocenters. The quantitative estimate of drug-likeness (QED) is 0.330. The zero-order chi connectivity index (χ0) is 23.7. The molecule has 3 aromatic rings. The molecule has 1 saturated carbocycles. The molecule has 2 heterocycles. The first-order valence-electron chi connectivity index (χ1n) is 11.4. The maximum atomic E-state index is 13.6. The number of aliphatic imine (C=N–C) groups is 1. The molecular formula is C27H24Cl2N2O2S. The number of carbonyl (C=O) groups is 1. The minimum absolute atomic E-state index is 0.0165. The lowest BCUT2D eigenvalue weighted by atomic mass is 9.85. The second-order valence-electron chi connectivity index (χ2n) is 8.67. The van der Waals surface area contributed by atoms with Crippen LogP contribution in [0.25, 0.3) is 17.4 Å². The Morgan fingerprint density at radius 3 is 2.65 bits per heavy atom. The minimum Gasteiger partial charge on any atom is -0.457 e. The van der Waals surface area contributed by atoms with E-state index in [1.165, 1.54) is 18.2 Å². The van der Waals surface area contributed by atoms with Crippen LogP contribution in [0.5, 0.6) is 0 Å². The normalized spacial score (nSPS) is 23.3. The summed E-state index contributed by atoms with van der Waals surface area (Å²) in [6.07, 6.45) is 6.25. The number of thioether (sulfide) groups is 1. The summed E-state index contributed by atoms with van der Waals surface area (Å²) >= 11 is 13.9. The maximum Gasteiger partial charge on any atom is 0.267 e. The number of furan rings is 1. The summed E-state index contributed by atoms with van der Waals surface area (Å²) in [5, 5.41) is 1.86. The van der Waals surface area contributed by atoms with E-state index in [0.717, 1.165) is 30.1 Å². The van der Waals surface area contributed by atoms with Crippen molar-refractivity contribution in [3.05, 3.63) is 81.4 Å². The highest BCUT2D eigenvalue weighted by molar-refractivity contribution is 8.18. The predicted octanol–water partition coefficient (Wildman–Crippen LogP) is 8.44. The van der Waals surface area contributed by atoms with E-state index in [0.29, 0.717) is 38.0 Å². The van der Waals surface area contributed by atoms with Crippen LogP contribution in [0.4, 0.5) is 5.69 Å².